The lowest BCUT2D eigenvalue weighted by atomic mass is 10.1. The first-order valence-corrected chi connectivity index (χ1v) is 6.75. The average Bonchev–Trinajstić information content (AvgIpc) is 2.49. The fourth-order valence-corrected chi connectivity index (χ4v) is 2.14. The van der Waals surface area contributed by atoms with Crippen molar-refractivity contribution in [3.05, 3.63) is 59.8 Å². The Morgan fingerprint density at radius 3 is 2.59 bits per heavy atom. The first-order valence-electron chi connectivity index (χ1n) is 6.75. The number of aromatic nitrogens is 2. The molecule has 2 N–H and O–H groups in total. The van der Waals surface area contributed by atoms with Crippen LogP contribution in [0.1, 0.15) is 5.56 Å². The van der Waals surface area contributed by atoms with Crippen molar-refractivity contribution in [3.63, 3.8) is 0 Å². The highest BCUT2D eigenvalue weighted by Crippen LogP contribution is 2.17. The zero-order chi connectivity index (χ0) is 15.5. The van der Waals surface area contributed by atoms with Gasteiger partial charge in [-0.1, -0.05) is 12.1 Å². The number of anilines is 1. The summed E-state index contributed by atoms with van der Waals surface area (Å²) >= 11 is 0. The molecule has 0 aliphatic heterocycles. The second-order valence-electron chi connectivity index (χ2n) is 4.86. The molecular weight excluding hydrogens is 288 g/mol. The standard InChI is InChI=1S/C16H13F2N3O/c17-12-7-14-15(8-13(12)18)21-16(9-20-14)19-5-4-10-2-1-3-11(22)6-10/h1-3,6-9,22H,4-5H2,(H,19,21). The second kappa shape index (κ2) is 5.93. The number of phenolic OH excluding ortho intramolecular Hbond substituents is 1. The summed E-state index contributed by atoms with van der Waals surface area (Å²) in [4.78, 5) is 8.25. The summed E-state index contributed by atoms with van der Waals surface area (Å²) in [6, 6.07) is 9.03. The third-order valence-corrected chi connectivity index (χ3v) is 3.21. The maximum absolute atomic E-state index is 13.2. The fraction of sp³-hybridized carbons (Fsp3) is 0.125. The Morgan fingerprint density at radius 2 is 1.82 bits per heavy atom. The molecular formula is C16H13F2N3O. The van der Waals surface area contributed by atoms with E-state index in [1.807, 2.05) is 6.07 Å². The number of benzene rings is 2. The largest absolute Gasteiger partial charge is 0.508 e. The predicted octanol–water partition coefficient (Wildman–Crippen LogP) is 3.27. The van der Waals surface area contributed by atoms with Gasteiger partial charge < -0.3 is 10.4 Å². The van der Waals surface area contributed by atoms with E-state index in [1.54, 1.807) is 18.2 Å². The molecule has 112 valence electrons. The summed E-state index contributed by atoms with van der Waals surface area (Å²) in [5.74, 6) is -1.18. The summed E-state index contributed by atoms with van der Waals surface area (Å²) in [7, 11) is 0. The van der Waals surface area contributed by atoms with Crippen LogP contribution < -0.4 is 5.32 Å². The first-order chi connectivity index (χ1) is 10.6. The molecule has 6 heteroatoms. The van der Waals surface area contributed by atoms with E-state index in [1.165, 1.54) is 6.20 Å². The Balaban J connectivity index is 1.70. The average molecular weight is 301 g/mol. The minimum absolute atomic E-state index is 0.223. The lowest BCUT2D eigenvalue weighted by Gasteiger charge is -2.07. The van der Waals surface area contributed by atoms with Crippen molar-refractivity contribution in [2.45, 2.75) is 6.42 Å². The smallest absolute Gasteiger partial charge is 0.161 e. The molecule has 0 radical (unpaired) electrons. The maximum Gasteiger partial charge on any atom is 0.161 e. The van der Waals surface area contributed by atoms with Gasteiger partial charge in [0.15, 0.2) is 11.6 Å². The van der Waals surface area contributed by atoms with E-state index >= 15 is 0 Å². The lowest BCUT2D eigenvalue weighted by molar-refractivity contribution is 0.474. The molecule has 1 heterocycles. The number of nitrogens with one attached hydrogen (secondary N) is 1. The molecule has 2 aromatic carbocycles. The van der Waals surface area contributed by atoms with Crippen molar-refractivity contribution in [3.8, 4) is 5.75 Å². The van der Waals surface area contributed by atoms with Crippen LogP contribution in [0.2, 0.25) is 0 Å². The van der Waals surface area contributed by atoms with Crippen molar-refractivity contribution >= 4 is 16.9 Å². The van der Waals surface area contributed by atoms with Gasteiger partial charge in [0.25, 0.3) is 0 Å². The van der Waals surface area contributed by atoms with Crippen LogP contribution >= 0.6 is 0 Å². The molecule has 0 aliphatic carbocycles. The van der Waals surface area contributed by atoms with E-state index in [2.05, 4.69) is 15.3 Å². The number of hydrogen-bond acceptors (Lipinski definition) is 4. The van der Waals surface area contributed by atoms with Gasteiger partial charge in [0, 0.05) is 18.7 Å². The topological polar surface area (TPSA) is 58.0 Å². The number of rotatable bonds is 4. The van der Waals surface area contributed by atoms with E-state index in [0.717, 1.165) is 17.7 Å². The molecule has 0 fully saturated rings. The monoisotopic (exact) mass is 301 g/mol. The van der Waals surface area contributed by atoms with Gasteiger partial charge in [-0.15, -0.1) is 0 Å². The van der Waals surface area contributed by atoms with Crippen LogP contribution in [0.4, 0.5) is 14.6 Å². The minimum atomic E-state index is -0.946. The normalized spacial score (nSPS) is 10.8. The fourth-order valence-electron chi connectivity index (χ4n) is 2.14. The van der Waals surface area contributed by atoms with Crippen LogP contribution in [0.15, 0.2) is 42.6 Å². The quantitative estimate of drug-likeness (QED) is 0.776. The first kappa shape index (κ1) is 14.2. The third kappa shape index (κ3) is 3.11. The SMILES string of the molecule is Oc1cccc(CCNc2cnc3cc(F)c(F)cc3n2)c1. The third-order valence-electron chi connectivity index (χ3n) is 3.21. The van der Waals surface area contributed by atoms with Gasteiger partial charge >= 0.3 is 0 Å². The minimum Gasteiger partial charge on any atom is -0.508 e. The zero-order valence-electron chi connectivity index (χ0n) is 11.6. The highest BCUT2D eigenvalue weighted by Gasteiger charge is 2.07. The Bertz CT molecular complexity index is 824. The van der Waals surface area contributed by atoms with Gasteiger partial charge in [0.05, 0.1) is 17.2 Å². The number of aromatic hydroxyl groups is 1. The van der Waals surface area contributed by atoms with Crippen molar-refractivity contribution < 1.29 is 13.9 Å². The Morgan fingerprint density at radius 1 is 1.05 bits per heavy atom. The molecule has 0 amide bonds. The Hall–Kier alpha value is -2.76. The second-order valence-corrected chi connectivity index (χ2v) is 4.86. The van der Waals surface area contributed by atoms with Gasteiger partial charge in [-0.2, -0.15) is 0 Å². The Kier molecular flexibility index (Phi) is 3.82. The van der Waals surface area contributed by atoms with E-state index in [4.69, 9.17) is 0 Å². The van der Waals surface area contributed by atoms with Gasteiger partial charge in [0.2, 0.25) is 0 Å². The Labute approximate surface area is 125 Å². The molecule has 0 aliphatic rings. The van der Waals surface area contributed by atoms with E-state index in [0.29, 0.717) is 29.8 Å². The van der Waals surface area contributed by atoms with Gasteiger partial charge in [0.1, 0.15) is 11.6 Å². The summed E-state index contributed by atoms with van der Waals surface area (Å²) in [6.45, 7) is 0.577. The summed E-state index contributed by atoms with van der Waals surface area (Å²) in [6.07, 6.45) is 2.16. The van der Waals surface area contributed by atoms with Crippen molar-refractivity contribution in [2.24, 2.45) is 0 Å². The van der Waals surface area contributed by atoms with E-state index in [9.17, 15) is 13.9 Å². The molecule has 0 spiro atoms. The zero-order valence-corrected chi connectivity index (χ0v) is 11.6. The van der Waals surface area contributed by atoms with Crippen LogP contribution in [0.3, 0.4) is 0 Å². The molecule has 3 rings (SSSR count). The van der Waals surface area contributed by atoms with Crippen LogP contribution in [0.25, 0.3) is 11.0 Å². The molecule has 0 bridgehead atoms. The maximum atomic E-state index is 13.2. The van der Waals surface area contributed by atoms with Crippen LogP contribution in [-0.4, -0.2) is 21.6 Å². The highest BCUT2D eigenvalue weighted by molar-refractivity contribution is 5.75. The molecule has 3 aromatic rings. The van der Waals surface area contributed by atoms with Gasteiger partial charge in [-0.25, -0.2) is 13.8 Å². The summed E-state index contributed by atoms with van der Waals surface area (Å²) in [5.41, 5.74) is 1.58. The number of hydrogen-bond donors (Lipinski definition) is 2. The van der Waals surface area contributed by atoms with Crippen molar-refractivity contribution in [2.75, 3.05) is 11.9 Å². The van der Waals surface area contributed by atoms with E-state index < -0.39 is 11.6 Å². The molecule has 0 atom stereocenters. The summed E-state index contributed by atoms with van der Waals surface area (Å²) in [5, 5.41) is 12.5. The molecule has 0 saturated heterocycles. The van der Waals surface area contributed by atoms with Crippen molar-refractivity contribution in [1.82, 2.24) is 9.97 Å². The number of halogens is 2. The van der Waals surface area contributed by atoms with Gasteiger partial charge in [-0.05, 0) is 24.1 Å². The summed E-state index contributed by atoms with van der Waals surface area (Å²) < 4.78 is 26.3. The molecule has 0 unspecified atom stereocenters. The van der Waals surface area contributed by atoms with Crippen LogP contribution in [-0.2, 0) is 6.42 Å². The lowest BCUT2D eigenvalue weighted by Crippen LogP contribution is -2.07. The number of phenols is 1. The van der Waals surface area contributed by atoms with Crippen LogP contribution in [0, 0.1) is 11.6 Å². The van der Waals surface area contributed by atoms with Crippen molar-refractivity contribution in [1.29, 1.82) is 0 Å². The molecule has 4 nitrogen and oxygen atoms in total. The molecule has 22 heavy (non-hydrogen) atoms. The van der Waals surface area contributed by atoms with E-state index in [-0.39, 0.29) is 5.75 Å². The number of fused-ring (bicyclic) bond motifs is 1. The van der Waals surface area contributed by atoms with Gasteiger partial charge in [-0.3, -0.25) is 4.98 Å². The number of nitrogens with zero attached hydrogens (tertiary/aromatic N) is 2. The van der Waals surface area contributed by atoms with Crippen LogP contribution in [0.5, 0.6) is 5.75 Å². The molecule has 1 aromatic heterocycles. The molecule has 0 saturated carbocycles. The predicted molar refractivity (Wildman–Crippen MR) is 79.8 cm³/mol. The highest BCUT2D eigenvalue weighted by atomic mass is 19.2.